The summed E-state index contributed by atoms with van der Waals surface area (Å²) in [7, 11) is 0. The summed E-state index contributed by atoms with van der Waals surface area (Å²) in [6.45, 7) is -0.256. The van der Waals surface area contributed by atoms with Gasteiger partial charge in [0.25, 0.3) is 0 Å². The molecule has 0 fully saturated rings. The van der Waals surface area contributed by atoms with Crippen molar-refractivity contribution in [2.75, 3.05) is 6.54 Å². The fourth-order valence-electron chi connectivity index (χ4n) is 0.293. The van der Waals surface area contributed by atoms with Crippen molar-refractivity contribution in [2.24, 2.45) is 5.73 Å². The summed E-state index contributed by atoms with van der Waals surface area (Å²) in [5.41, 5.74) is 4.84. The number of rotatable bonds is 3. The molecule has 0 radical (unpaired) electrons. The van der Waals surface area contributed by atoms with Gasteiger partial charge in [-0.1, -0.05) is 0 Å². The number of carboxylic acids is 1. The Labute approximate surface area is 51.7 Å². The molecule has 0 saturated heterocycles. The smallest absolute Gasteiger partial charge is 0.335 e. The first kappa shape index (κ1) is 8.35. The minimum absolute atomic E-state index is 0.256. The zero-order valence-electron chi connectivity index (χ0n) is 4.69. The minimum atomic E-state index is -1.77. The molecule has 54 valence electrons. The molecule has 0 amide bonds. The normalized spacial score (nSPS) is 16.8. The summed E-state index contributed by atoms with van der Waals surface area (Å²) >= 11 is 0. The third kappa shape index (κ3) is 2.41. The minimum Gasteiger partial charge on any atom is -0.479 e. The van der Waals surface area contributed by atoms with Crippen molar-refractivity contribution in [3.8, 4) is 0 Å². The lowest BCUT2D eigenvalue weighted by Gasteiger charge is -2.09. The van der Waals surface area contributed by atoms with Gasteiger partial charge in [-0.3, -0.25) is 0 Å². The highest BCUT2D eigenvalue weighted by Crippen LogP contribution is 1.89. The van der Waals surface area contributed by atoms with Gasteiger partial charge in [-0.05, 0) is 0 Å². The highest BCUT2D eigenvalue weighted by molar-refractivity contribution is 5.72. The molecule has 0 aliphatic heterocycles. The molecule has 0 saturated carbocycles. The SMILES string of the molecule is NC[C@H](O)[C@H](O)C(=O)O. The molecule has 0 aromatic rings. The van der Waals surface area contributed by atoms with Gasteiger partial charge in [-0.25, -0.2) is 4.79 Å². The Kier molecular flexibility index (Phi) is 3.15. The van der Waals surface area contributed by atoms with Crippen LogP contribution in [0.4, 0.5) is 0 Å². The van der Waals surface area contributed by atoms with E-state index in [1.54, 1.807) is 0 Å². The van der Waals surface area contributed by atoms with Gasteiger partial charge in [-0.2, -0.15) is 0 Å². The number of nitrogens with two attached hydrogens (primary N) is 1. The fourth-order valence-corrected chi connectivity index (χ4v) is 0.293. The molecule has 0 aliphatic rings. The first-order valence-corrected chi connectivity index (χ1v) is 2.38. The predicted octanol–water partition coefficient (Wildman–Crippen LogP) is -2.25. The highest BCUT2D eigenvalue weighted by atomic mass is 16.4. The van der Waals surface area contributed by atoms with E-state index in [9.17, 15) is 4.79 Å². The Morgan fingerprint density at radius 3 is 2.11 bits per heavy atom. The van der Waals surface area contributed by atoms with Gasteiger partial charge in [0.2, 0.25) is 0 Å². The van der Waals surface area contributed by atoms with Crippen molar-refractivity contribution in [2.45, 2.75) is 12.2 Å². The Morgan fingerprint density at radius 1 is 1.56 bits per heavy atom. The van der Waals surface area contributed by atoms with Crippen molar-refractivity contribution in [1.29, 1.82) is 0 Å². The number of hydrogen-bond acceptors (Lipinski definition) is 4. The van der Waals surface area contributed by atoms with Gasteiger partial charge < -0.3 is 21.1 Å². The molecular formula is C4H9NO4. The molecule has 5 nitrogen and oxygen atoms in total. The Balaban J connectivity index is 3.72. The average Bonchev–Trinajstić information content (AvgIpc) is 1.84. The van der Waals surface area contributed by atoms with Gasteiger partial charge in [0.1, 0.15) is 6.10 Å². The maximum atomic E-state index is 9.83. The number of aliphatic carboxylic acids is 1. The summed E-state index contributed by atoms with van der Waals surface area (Å²) in [5, 5.41) is 25.0. The molecule has 0 unspecified atom stereocenters. The summed E-state index contributed by atoms with van der Waals surface area (Å²) < 4.78 is 0. The molecule has 0 bridgehead atoms. The third-order valence-electron chi connectivity index (χ3n) is 0.859. The number of aliphatic hydroxyl groups is 2. The van der Waals surface area contributed by atoms with Crippen molar-refractivity contribution >= 4 is 5.97 Å². The van der Waals surface area contributed by atoms with Gasteiger partial charge in [-0.15, -0.1) is 0 Å². The zero-order chi connectivity index (χ0) is 7.44. The largest absolute Gasteiger partial charge is 0.479 e. The van der Waals surface area contributed by atoms with Crippen LogP contribution in [0.15, 0.2) is 0 Å². The third-order valence-corrected chi connectivity index (χ3v) is 0.859. The van der Waals surface area contributed by atoms with Crippen LogP contribution in [0.25, 0.3) is 0 Å². The quantitative estimate of drug-likeness (QED) is 0.350. The number of carbonyl (C=O) groups is 1. The fraction of sp³-hybridized carbons (Fsp3) is 0.750. The topological polar surface area (TPSA) is 104 Å². The van der Waals surface area contributed by atoms with Crippen molar-refractivity contribution < 1.29 is 20.1 Å². The molecule has 0 aromatic carbocycles. The second-order valence-corrected chi connectivity index (χ2v) is 1.59. The Bertz CT molecular complexity index is 105. The Morgan fingerprint density at radius 2 is 2.00 bits per heavy atom. The lowest BCUT2D eigenvalue weighted by Crippen LogP contribution is -2.38. The van der Waals surface area contributed by atoms with Crippen LogP contribution < -0.4 is 5.73 Å². The Hall–Kier alpha value is -0.650. The molecule has 0 rings (SSSR count). The molecule has 2 atom stereocenters. The summed E-state index contributed by atoms with van der Waals surface area (Å²) in [6.07, 6.45) is -3.14. The van der Waals surface area contributed by atoms with Crippen LogP contribution >= 0.6 is 0 Å². The number of carboxylic acid groups (broad SMARTS) is 1. The van der Waals surface area contributed by atoms with E-state index in [2.05, 4.69) is 0 Å². The molecule has 0 heterocycles. The van der Waals surface area contributed by atoms with Crippen LogP contribution in [-0.2, 0) is 4.79 Å². The summed E-state index contributed by atoms with van der Waals surface area (Å²) in [6, 6.07) is 0. The van der Waals surface area contributed by atoms with E-state index < -0.39 is 18.2 Å². The molecule has 0 spiro atoms. The van der Waals surface area contributed by atoms with E-state index in [-0.39, 0.29) is 6.54 Å². The van der Waals surface area contributed by atoms with Crippen LogP contribution in [-0.4, -0.2) is 40.0 Å². The molecule has 5 heteroatoms. The maximum absolute atomic E-state index is 9.83. The van der Waals surface area contributed by atoms with E-state index in [1.165, 1.54) is 0 Å². The van der Waals surface area contributed by atoms with E-state index in [0.717, 1.165) is 0 Å². The molecule has 0 aromatic heterocycles. The van der Waals surface area contributed by atoms with Crippen LogP contribution in [0.2, 0.25) is 0 Å². The zero-order valence-corrected chi connectivity index (χ0v) is 4.69. The molecule has 0 aliphatic carbocycles. The van der Waals surface area contributed by atoms with E-state index >= 15 is 0 Å². The second-order valence-electron chi connectivity index (χ2n) is 1.59. The van der Waals surface area contributed by atoms with Gasteiger partial charge in [0.05, 0.1) is 0 Å². The number of hydrogen-bond donors (Lipinski definition) is 4. The molecule has 5 N–H and O–H groups in total. The van der Waals surface area contributed by atoms with Crippen LogP contribution in [0.3, 0.4) is 0 Å². The number of aliphatic hydroxyl groups excluding tert-OH is 2. The maximum Gasteiger partial charge on any atom is 0.335 e. The lowest BCUT2D eigenvalue weighted by molar-refractivity contribution is -0.152. The summed E-state index contributed by atoms with van der Waals surface area (Å²) in [5.74, 6) is -1.46. The van der Waals surface area contributed by atoms with Crippen molar-refractivity contribution in [1.82, 2.24) is 0 Å². The van der Waals surface area contributed by atoms with Gasteiger partial charge in [0.15, 0.2) is 6.10 Å². The van der Waals surface area contributed by atoms with Crippen LogP contribution in [0.5, 0.6) is 0 Å². The first-order chi connectivity index (χ1) is 4.09. The monoisotopic (exact) mass is 135 g/mol. The molecular weight excluding hydrogens is 126 g/mol. The standard InChI is InChI=1S/C4H9NO4/c5-1-2(6)3(7)4(8)9/h2-3,6-7H,1,5H2,(H,8,9)/t2-,3-/m0/s1. The van der Waals surface area contributed by atoms with Crippen LogP contribution in [0, 0.1) is 0 Å². The van der Waals surface area contributed by atoms with Gasteiger partial charge >= 0.3 is 5.97 Å². The van der Waals surface area contributed by atoms with E-state index in [0.29, 0.717) is 0 Å². The van der Waals surface area contributed by atoms with E-state index in [4.69, 9.17) is 21.1 Å². The lowest BCUT2D eigenvalue weighted by atomic mass is 10.2. The average molecular weight is 135 g/mol. The van der Waals surface area contributed by atoms with Crippen molar-refractivity contribution in [3.05, 3.63) is 0 Å². The summed E-state index contributed by atoms with van der Waals surface area (Å²) in [4.78, 5) is 9.83. The molecule has 9 heavy (non-hydrogen) atoms. The second kappa shape index (κ2) is 3.39. The van der Waals surface area contributed by atoms with E-state index in [1.807, 2.05) is 0 Å². The first-order valence-electron chi connectivity index (χ1n) is 2.38. The van der Waals surface area contributed by atoms with Crippen LogP contribution in [0.1, 0.15) is 0 Å². The highest BCUT2D eigenvalue weighted by Gasteiger charge is 2.21. The van der Waals surface area contributed by atoms with Crippen molar-refractivity contribution in [3.63, 3.8) is 0 Å². The predicted molar refractivity (Wildman–Crippen MR) is 28.7 cm³/mol. The van der Waals surface area contributed by atoms with Gasteiger partial charge in [0, 0.05) is 6.54 Å².